The van der Waals surface area contributed by atoms with E-state index in [0.29, 0.717) is 5.57 Å². The number of nitrogens with zero attached hydrogens (tertiary/aromatic N) is 1. The Bertz CT molecular complexity index is 284. The first-order valence-corrected chi connectivity index (χ1v) is 3.83. The Hall–Kier alpha value is -1.76. The number of nitrogens with two attached hydrogens (primary N) is 1. The highest BCUT2D eigenvalue weighted by Gasteiger charge is 2.08. The van der Waals surface area contributed by atoms with Gasteiger partial charge in [-0.3, -0.25) is 0 Å². The number of ether oxygens (including phenoxy) is 1. The molecule has 0 aliphatic heterocycles. The maximum absolute atomic E-state index is 11.0. The molecule has 0 aromatic rings. The largest absolute Gasteiger partial charge is 0.462 e. The number of nitriles is 1. The molecule has 4 nitrogen and oxygen atoms in total. The highest BCUT2D eigenvalue weighted by atomic mass is 16.5. The quantitative estimate of drug-likeness (QED) is 0.302. The summed E-state index contributed by atoms with van der Waals surface area (Å²) in [5, 5.41) is 8.58. The van der Waals surface area contributed by atoms with E-state index in [1.54, 1.807) is 19.9 Å². The van der Waals surface area contributed by atoms with Crippen molar-refractivity contribution in [3.8, 4) is 6.07 Å². The van der Waals surface area contributed by atoms with Gasteiger partial charge in [0.25, 0.3) is 0 Å². The van der Waals surface area contributed by atoms with Crippen LogP contribution in [0.15, 0.2) is 23.4 Å². The Morgan fingerprint density at radius 3 is 2.69 bits per heavy atom. The van der Waals surface area contributed by atoms with Crippen molar-refractivity contribution in [2.45, 2.75) is 13.8 Å². The maximum Gasteiger partial charge on any atom is 0.348 e. The first-order valence-electron chi connectivity index (χ1n) is 3.83. The third-order valence-electron chi connectivity index (χ3n) is 1.25. The molecule has 0 aromatic carbocycles. The summed E-state index contributed by atoms with van der Waals surface area (Å²) in [5.41, 5.74) is 5.78. The highest BCUT2D eigenvalue weighted by molar-refractivity contribution is 5.93. The minimum Gasteiger partial charge on any atom is -0.462 e. The van der Waals surface area contributed by atoms with Gasteiger partial charge in [-0.2, -0.15) is 5.26 Å². The smallest absolute Gasteiger partial charge is 0.348 e. The number of esters is 1. The van der Waals surface area contributed by atoms with E-state index in [1.807, 2.05) is 0 Å². The lowest BCUT2D eigenvalue weighted by atomic mass is 10.2. The van der Waals surface area contributed by atoms with Crippen LogP contribution < -0.4 is 5.73 Å². The van der Waals surface area contributed by atoms with Gasteiger partial charge in [-0.25, -0.2) is 4.79 Å². The Kier molecular flexibility index (Phi) is 5.05. The molecule has 0 heterocycles. The molecule has 0 fully saturated rings. The predicted molar refractivity (Wildman–Crippen MR) is 48.3 cm³/mol. The zero-order valence-corrected chi connectivity index (χ0v) is 7.70. The lowest BCUT2D eigenvalue weighted by Gasteiger charge is -1.98. The summed E-state index contributed by atoms with van der Waals surface area (Å²) in [6, 6.07) is 1.74. The van der Waals surface area contributed by atoms with Gasteiger partial charge in [-0.15, -0.1) is 0 Å². The fourth-order valence-electron chi connectivity index (χ4n) is 0.621. The third-order valence-corrected chi connectivity index (χ3v) is 1.25. The molecule has 70 valence electrons. The van der Waals surface area contributed by atoms with Gasteiger partial charge in [0, 0.05) is 0 Å². The van der Waals surface area contributed by atoms with E-state index >= 15 is 0 Å². The molecule has 0 bridgehead atoms. The van der Waals surface area contributed by atoms with Crippen molar-refractivity contribution in [1.29, 1.82) is 5.26 Å². The molecule has 0 amide bonds. The summed E-state index contributed by atoms with van der Waals surface area (Å²) < 4.78 is 4.64. The van der Waals surface area contributed by atoms with E-state index in [9.17, 15) is 4.79 Å². The summed E-state index contributed by atoms with van der Waals surface area (Å²) in [4.78, 5) is 11.0. The number of carbonyl (C=O) groups excluding carboxylic acids is 1. The van der Waals surface area contributed by atoms with E-state index in [4.69, 9.17) is 11.0 Å². The molecule has 0 unspecified atom stereocenters. The van der Waals surface area contributed by atoms with Crippen molar-refractivity contribution >= 4 is 5.97 Å². The Balaban J connectivity index is 4.63. The van der Waals surface area contributed by atoms with Gasteiger partial charge in [0.2, 0.25) is 0 Å². The molecule has 0 saturated heterocycles. The van der Waals surface area contributed by atoms with Crippen LogP contribution in [0.25, 0.3) is 0 Å². The summed E-state index contributed by atoms with van der Waals surface area (Å²) in [5.74, 6) is -0.619. The van der Waals surface area contributed by atoms with Crippen LogP contribution in [0.4, 0.5) is 0 Å². The van der Waals surface area contributed by atoms with Gasteiger partial charge < -0.3 is 10.5 Å². The van der Waals surface area contributed by atoms with Crippen LogP contribution in [0.3, 0.4) is 0 Å². The van der Waals surface area contributed by atoms with Gasteiger partial charge in [-0.05, 0) is 31.7 Å². The first kappa shape index (κ1) is 11.2. The van der Waals surface area contributed by atoms with Gasteiger partial charge in [-0.1, -0.05) is 0 Å². The number of hydrogen-bond donors (Lipinski definition) is 1. The number of rotatable bonds is 3. The van der Waals surface area contributed by atoms with E-state index in [1.165, 1.54) is 12.3 Å². The lowest BCUT2D eigenvalue weighted by Crippen LogP contribution is -2.06. The van der Waals surface area contributed by atoms with E-state index in [0.717, 1.165) is 0 Å². The highest BCUT2D eigenvalue weighted by Crippen LogP contribution is 2.02. The molecule has 0 aliphatic rings. The zero-order valence-electron chi connectivity index (χ0n) is 7.70. The molecular weight excluding hydrogens is 168 g/mol. The molecule has 0 spiro atoms. The van der Waals surface area contributed by atoms with Crippen molar-refractivity contribution in [2.24, 2.45) is 5.73 Å². The lowest BCUT2D eigenvalue weighted by molar-refractivity contribution is -0.138. The van der Waals surface area contributed by atoms with Crippen LogP contribution in [-0.2, 0) is 9.53 Å². The van der Waals surface area contributed by atoms with Crippen molar-refractivity contribution in [1.82, 2.24) is 0 Å². The molecule has 2 N–H and O–H groups in total. The average molecular weight is 180 g/mol. The second kappa shape index (κ2) is 5.84. The zero-order chi connectivity index (χ0) is 10.3. The molecule has 0 aromatic heterocycles. The summed E-state index contributed by atoms with van der Waals surface area (Å²) in [6.45, 7) is 3.62. The van der Waals surface area contributed by atoms with Crippen molar-refractivity contribution in [3.05, 3.63) is 23.4 Å². The number of hydrogen-bond acceptors (Lipinski definition) is 4. The second-order valence-electron chi connectivity index (χ2n) is 2.30. The van der Waals surface area contributed by atoms with E-state index < -0.39 is 5.97 Å². The van der Waals surface area contributed by atoms with Gasteiger partial charge >= 0.3 is 5.97 Å². The second-order valence-corrected chi connectivity index (χ2v) is 2.30. The SMILES string of the molecule is CCOC(=O)C(C#N)=CC(C)=CN. The Morgan fingerprint density at radius 2 is 2.31 bits per heavy atom. The van der Waals surface area contributed by atoms with Crippen LogP contribution in [0, 0.1) is 11.3 Å². The molecule has 0 aliphatic carbocycles. The minimum absolute atomic E-state index is 0.0407. The predicted octanol–water partition coefficient (Wildman–Crippen LogP) is 0.862. The van der Waals surface area contributed by atoms with Gasteiger partial charge in [0.15, 0.2) is 0 Å². The molecule has 0 rings (SSSR count). The molecule has 0 radical (unpaired) electrons. The molecule has 13 heavy (non-hydrogen) atoms. The fraction of sp³-hybridized carbons (Fsp3) is 0.333. The summed E-state index contributed by atoms with van der Waals surface area (Å²) in [7, 11) is 0. The molecular formula is C9H12N2O2. The summed E-state index contributed by atoms with van der Waals surface area (Å²) >= 11 is 0. The number of allylic oxidation sites excluding steroid dienone is 2. The fourth-order valence-corrected chi connectivity index (χ4v) is 0.621. The van der Waals surface area contributed by atoms with Crippen LogP contribution in [-0.4, -0.2) is 12.6 Å². The van der Waals surface area contributed by atoms with Crippen LogP contribution in [0.2, 0.25) is 0 Å². The molecule has 4 heteroatoms. The number of carbonyl (C=O) groups is 1. The van der Waals surface area contributed by atoms with E-state index in [-0.39, 0.29) is 12.2 Å². The Morgan fingerprint density at radius 1 is 1.69 bits per heavy atom. The molecule has 0 saturated carbocycles. The third kappa shape index (κ3) is 3.97. The Labute approximate surface area is 77.3 Å². The van der Waals surface area contributed by atoms with Crippen molar-refractivity contribution in [3.63, 3.8) is 0 Å². The topological polar surface area (TPSA) is 76.1 Å². The van der Waals surface area contributed by atoms with Gasteiger partial charge in [0.1, 0.15) is 11.6 Å². The van der Waals surface area contributed by atoms with Crippen LogP contribution >= 0.6 is 0 Å². The molecule has 0 atom stereocenters. The van der Waals surface area contributed by atoms with Crippen molar-refractivity contribution < 1.29 is 9.53 Å². The minimum atomic E-state index is -0.619. The van der Waals surface area contributed by atoms with Crippen LogP contribution in [0.1, 0.15) is 13.8 Å². The average Bonchev–Trinajstić information content (AvgIpc) is 2.14. The van der Waals surface area contributed by atoms with Crippen molar-refractivity contribution in [2.75, 3.05) is 6.61 Å². The normalized spacial score (nSPS) is 12.1. The van der Waals surface area contributed by atoms with Gasteiger partial charge in [0.05, 0.1) is 6.61 Å². The summed E-state index contributed by atoms with van der Waals surface area (Å²) in [6.07, 6.45) is 2.70. The first-order chi connectivity index (χ1) is 6.15. The van der Waals surface area contributed by atoms with E-state index in [2.05, 4.69) is 4.74 Å². The standard InChI is InChI=1S/C9H12N2O2/c1-3-13-9(12)8(6-11)4-7(2)5-10/h4-5H,3,10H2,1-2H3. The van der Waals surface area contributed by atoms with Crippen LogP contribution in [0.5, 0.6) is 0 Å². The maximum atomic E-state index is 11.0. The monoisotopic (exact) mass is 180 g/mol.